The summed E-state index contributed by atoms with van der Waals surface area (Å²) in [5, 5.41) is 6.72. The van der Waals surface area contributed by atoms with Gasteiger partial charge in [-0.15, -0.1) is 0 Å². The summed E-state index contributed by atoms with van der Waals surface area (Å²) in [5.41, 5.74) is 0.762. The van der Waals surface area contributed by atoms with Crippen molar-refractivity contribution in [3.63, 3.8) is 0 Å². The molecular weight excluding hydrogens is 374 g/mol. The van der Waals surface area contributed by atoms with Crippen LogP contribution in [0.1, 0.15) is 19.2 Å². The van der Waals surface area contributed by atoms with Crippen LogP contribution < -0.4 is 19.5 Å². The van der Waals surface area contributed by atoms with E-state index in [2.05, 4.69) is 15.5 Å². The number of carbonyl (C=O) groups excluding carboxylic acids is 1. The number of nitrogens with zero attached hydrogens (tertiary/aromatic N) is 2. The summed E-state index contributed by atoms with van der Waals surface area (Å²) < 4.78 is 21.4. The molecule has 0 fully saturated rings. The Kier molecular flexibility index (Phi) is 6.67. The second kappa shape index (κ2) is 9.59. The van der Waals surface area contributed by atoms with Gasteiger partial charge in [0.1, 0.15) is 17.2 Å². The highest BCUT2D eigenvalue weighted by Gasteiger charge is 2.19. The smallest absolute Gasteiger partial charge is 0.261 e. The third kappa shape index (κ3) is 5.25. The monoisotopic (exact) mass is 397 g/mol. The van der Waals surface area contributed by atoms with Crippen LogP contribution in [0.15, 0.2) is 53.1 Å². The zero-order valence-corrected chi connectivity index (χ0v) is 16.5. The number of rotatable bonds is 9. The fourth-order valence-corrected chi connectivity index (χ4v) is 2.64. The molecule has 0 saturated heterocycles. The summed E-state index contributed by atoms with van der Waals surface area (Å²) in [6.07, 6.45) is -0.148. The Morgan fingerprint density at radius 3 is 2.48 bits per heavy atom. The lowest BCUT2D eigenvalue weighted by Gasteiger charge is -2.17. The number of methoxy groups -OCH3 is 2. The molecule has 3 rings (SSSR count). The second-order valence-corrected chi connectivity index (χ2v) is 6.16. The number of aromatic nitrogens is 2. The van der Waals surface area contributed by atoms with Crippen molar-refractivity contribution in [1.29, 1.82) is 0 Å². The van der Waals surface area contributed by atoms with Gasteiger partial charge in [-0.3, -0.25) is 4.79 Å². The van der Waals surface area contributed by atoms with Gasteiger partial charge in [0.05, 0.1) is 20.8 Å². The van der Waals surface area contributed by atoms with E-state index in [1.165, 1.54) is 0 Å². The van der Waals surface area contributed by atoms with Crippen molar-refractivity contribution in [1.82, 2.24) is 15.5 Å². The number of benzene rings is 2. The van der Waals surface area contributed by atoms with Gasteiger partial charge in [0.15, 0.2) is 6.10 Å². The zero-order valence-electron chi connectivity index (χ0n) is 16.5. The van der Waals surface area contributed by atoms with Gasteiger partial charge in [0.2, 0.25) is 11.7 Å². The molecule has 1 amide bonds. The van der Waals surface area contributed by atoms with Crippen LogP contribution in [-0.4, -0.2) is 36.4 Å². The van der Waals surface area contributed by atoms with Gasteiger partial charge in [-0.25, -0.2) is 0 Å². The van der Waals surface area contributed by atoms with Crippen LogP contribution in [0.4, 0.5) is 0 Å². The number of amides is 1. The first-order chi connectivity index (χ1) is 14.1. The molecule has 0 spiro atoms. The maximum absolute atomic E-state index is 12.5. The predicted octanol–water partition coefficient (Wildman–Crippen LogP) is 3.23. The lowest BCUT2D eigenvalue weighted by molar-refractivity contribution is -0.128. The van der Waals surface area contributed by atoms with Crippen LogP contribution in [0, 0.1) is 0 Å². The number of carbonyl (C=O) groups is 1. The Morgan fingerprint density at radius 1 is 1.07 bits per heavy atom. The largest absolute Gasteiger partial charge is 0.497 e. The highest BCUT2D eigenvalue weighted by Crippen LogP contribution is 2.22. The maximum atomic E-state index is 12.5. The Hall–Kier alpha value is -3.55. The molecule has 1 atom stereocenters. The maximum Gasteiger partial charge on any atom is 0.261 e. The highest BCUT2D eigenvalue weighted by molar-refractivity contribution is 5.81. The van der Waals surface area contributed by atoms with Gasteiger partial charge >= 0.3 is 0 Å². The van der Waals surface area contributed by atoms with E-state index in [9.17, 15) is 4.79 Å². The highest BCUT2D eigenvalue weighted by atomic mass is 16.5. The molecule has 1 N–H and O–H groups in total. The van der Waals surface area contributed by atoms with Gasteiger partial charge < -0.3 is 24.1 Å². The average Bonchev–Trinajstić information content (AvgIpc) is 3.25. The van der Waals surface area contributed by atoms with E-state index >= 15 is 0 Å². The Morgan fingerprint density at radius 2 is 1.76 bits per heavy atom. The topological polar surface area (TPSA) is 95.7 Å². The molecule has 2 aromatic carbocycles. The molecule has 0 aliphatic carbocycles. The number of ether oxygens (including phenoxy) is 3. The molecular formula is C21H23N3O5. The van der Waals surface area contributed by atoms with Gasteiger partial charge in [0.25, 0.3) is 5.91 Å². The second-order valence-electron chi connectivity index (χ2n) is 6.16. The van der Waals surface area contributed by atoms with E-state index in [-0.39, 0.29) is 12.5 Å². The van der Waals surface area contributed by atoms with Crippen LogP contribution in [-0.2, 0) is 11.3 Å². The first kappa shape index (κ1) is 20.2. The molecule has 152 valence electrons. The van der Waals surface area contributed by atoms with E-state index in [1.54, 1.807) is 32.4 Å². The third-order valence-corrected chi connectivity index (χ3v) is 4.19. The first-order valence-electron chi connectivity index (χ1n) is 9.18. The zero-order chi connectivity index (χ0) is 20.6. The number of nitrogens with one attached hydrogen (secondary N) is 1. The molecule has 1 heterocycles. The van der Waals surface area contributed by atoms with Crippen LogP contribution in [0.25, 0.3) is 11.4 Å². The van der Waals surface area contributed by atoms with Crippen LogP contribution in [0.5, 0.6) is 17.2 Å². The fraction of sp³-hybridized carbons (Fsp3) is 0.286. The summed E-state index contributed by atoms with van der Waals surface area (Å²) in [4.78, 5) is 16.8. The molecule has 3 aromatic rings. The van der Waals surface area contributed by atoms with Crippen molar-refractivity contribution in [3.8, 4) is 28.6 Å². The van der Waals surface area contributed by atoms with Gasteiger partial charge in [-0.2, -0.15) is 4.98 Å². The summed E-state index contributed by atoms with van der Waals surface area (Å²) in [5.74, 6) is 2.37. The minimum absolute atomic E-state index is 0.105. The van der Waals surface area contributed by atoms with Crippen molar-refractivity contribution in [2.75, 3.05) is 14.2 Å². The number of hydrogen-bond donors (Lipinski definition) is 1. The molecule has 0 bridgehead atoms. The summed E-state index contributed by atoms with van der Waals surface area (Å²) in [6.45, 7) is 1.98. The molecule has 0 aliphatic rings. The Labute approximate surface area is 168 Å². The standard InChI is InChI=1S/C21H23N3O5/c1-4-18(28-17-10-6-9-16(12-17)27-3)21(25)22-13-19-23-20(24-29-19)14-7-5-8-15(11-14)26-2/h5-12,18H,4,13H2,1-3H3,(H,22,25). The van der Waals surface area contributed by atoms with Crippen molar-refractivity contribution in [2.24, 2.45) is 0 Å². The van der Waals surface area contributed by atoms with Crippen molar-refractivity contribution in [3.05, 3.63) is 54.4 Å². The van der Waals surface area contributed by atoms with E-state index in [4.69, 9.17) is 18.7 Å². The van der Waals surface area contributed by atoms with Crippen LogP contribution in [0.3, 0.4) is 0 Å². The lowest BCUT2D eigenvalue weighted by Crippen LogP contribution is -2.37. The Balaban J connectivity index is 1.59. The molecule has 8 nitrogen and oxygen atoms in total. The van der Waals surface area contributed by atoms with Crippen molar-refractivity contribution < 1.29 is 23.5 Å². The summed E-state index contributed by atoms with van der Waals surface area (Å²) >= 11 is 0. The average molecular weight is 397 g/mol. The fourth-order valence-electron chi connectivity index (χ4n) is 2.64. The summed E-state index contributed by atoms with van der Waals surface area (Å²) in [7, 11) is 3.17. The van der Waals surface area contributed by atoms with Gasteiger partial charge in [-0.05, 0) is 30.7 Å². The normalized spacial score (nSPS) is 11.6. The Bertz CT molecular complexity index is 957. The predicted molar refractivity (Wildman–Crippen MR) is 106 cm³/mol. The van der Waals surface area contributed by atoms with Crippen LogP contribution in [0.2, 0.25) is 0 Å². The molecule has 1 aromatic heterocycles. The quantitative estimate of drug-likeness (QED) is 0.592. The summed E-state index contributed by atoms with van der Waals surface area (Å²) in [6, 6.07) is 14.4. The van der Waals surface area contributed by atoms with E-state index < -0.39 is 6.10 Å². The van der Waals surface area contributed by atoms with Crippen molar-refractivity contribution >= 4 is 5.91 Å². The first-order valence-corrected chi connectivity index (χ1v) is 9.18. The van der Waals surface area contributed by atoms with Crippen LogP contribution >= 0.6 is 0 Å². The van der Waals surface area contributed by atoms with E-state index in [0.717, 1.165) is 5.56 Å². The molecule has 1 unspecified atom stereocenters. The van der Waals surface area contributed by atoms with Gasteiger partial charge in [0, 0.05) is 11.6 Å². The molecule has 8 heteroatoms. The molecule has 0 radical (unpaired) electrons. The molecule has 0 aliphatic heterocycles. The third-order valence-electron chi connectivity index (χ3n) is 4.19. The number of hydrogen-bond acceptors (Lipinski definition) is 7. The van der Waals surface area contributed by atoms with Gasteiger partial charge in [-0.1, -0.05) is 30.3 Å². The van der Waals surface area contributed by atoms with E-state index in [1.807, 2.05) is 37.3 Å². The SMILES string of the molecule is CCC(Oc1cccc(OC)c1)C(=O)NCc1nc(-c2cccc(OC)c2)no1. The minimum Gasteiger partial charge on any atom is -0.497 e. The van der Waals surface area contributed by atoms with E-state index in [0.29, 0.717) is 35.4 Å². The van der Waals surface area contributed by atoms with Crippen molar-refractivity contribution in [2.45, 2.75) is 26.0 Å². The molecule has 0 saturated carbocycles. The molecule has 29 heavy (non-hydrogen) atoms. The lowest BCUT2D eigenvalue weighted by atomic mass is 10.2. The minimum atomic E-state index is -0.650.